The summed E-state index contributed by atoms with van der Waals surface area (Å²) in [6.07, 6.45) is 11.2. The summed E-state index contributed by atoms with van der Waals surface area (Å²) in [5.41, 5.74) is 2.99. The molecule has 0 spiro atoms. The summed E-state index contributed by atoms with van der Waals surface area (Å²) in [5.74, 6) is 0.475. The van der Waals surface area contributed by atoms with Gasteiger partial charge in [0.15, 0.2) is 0 Å². The van der Waals surface area contributed by atoms with Crippen molar-refractivity contribution in [2.45, 2.75) is 64.1 Å². The van der Waals surface area contributed by atoms with Gasteiger partial charge in [-0.3, -0.25) is 14.6 Å². The van der Waals surface area contributed by atoms with Crippen LogP contribution in [0.5, 0.6) is 0 Å². The number of pyridine rings is 1. The van der Waals surface area contributed by atoms with Crippen molar-refractivity contribution in [2.24, 2.45) is 11.8 Å². The minimum absolute atomic E-state index is 0.00478. The van der Waals surface area contributed by atoms with Crippen molar-refractivity contribution in [3.8, 4) is 5.69 Å². The first-order chi connectivity index (χ1) is 18.3. The Labute approximate surface area is 223 Å². The summed E-state index contributed by atoms with van der Waals surface area (Å²) in [6.45, 7) is 5.41. The second-order valence-corrected chi connectivity index (χ2v) is 11.7. The second-order valence-electron chi connectivity index (χ2n) is 11.7. The van der Waals surface area contributed by atoms with Gasteiger partial charge in [-0.25, -0.2) is 4.39 Å². The van der Waals surface area contributed by atoms with E-state index in [-0.39, 0.29) is 23.9 Å². The van der Waals surface area contributed by atoms with Crippen molar-refractivity contribution in [1.29, 1.82) is 0 Å². The molecule has 1 unspecified atom stereocenters. The molecule has 8 heteroatoms. The first-order valence-corrected chi connectivity index (χ1v) is 13.9. The van der Waals surface area contributed by atoms with Crippen molar-refractivity contribution in [3.05, 3.63) is 59.8 Å². The lowest BCUT2D eigenvalue weighted by Gasteiger charge is -2.47. The lowest BCUT2D eigenvalue weighted by molar-refractivity contribution is -0.143. The van der Waals surface area contributed by atoms with Crippen molar-refractivity contribution in [1.82, 2.24) is 24.7 Å². The molecule has 3 aromatic rings. The number of aromatic nitrogens is 2. The van der Waals surface area contributed by atoms with Gasteiger partial charge in [0, 0.05) is 50.0 Å². The molecule has 7 rings (SSSR count). The first-order valence-electron chi connectivity index (χ1n) is 13.9. The number of hydrogen-bond donors (Lipinski definition) is 1. The Morgan fingerprint density at radius 1 is 1.16 bits per heavy atom. The fourth-order valence-electron chi connectivity index (χ4n) is 6.49. The van der Waals surface area contributed by atoms with Crippen LogP contribution < -0.4 is 5.32 Å². The zero-order chi connectivity index (χ0) is 26.6. The molecule has 200 valence electrons. The molecule has 0 radical (unpaired) electrons. The van der Waals surface area contributed by atoms with Crippen LogP contribution in [0.15, 0.2) is 42.9 Å². The molecule has 2 aromatic heterocycles. The van der Waals surface area contributed by atoms with Crippen molar-refractivity contribution >= 4 is 22.7 Å². The summed E-state index contributed by atoms with van der Waals surface area (Å²) < 4.78 is 16.3. The molecule has 3 aliphatic heterocycles. The lowest BCUT2D eigenvalue weighted by Crippen LogP contribution is -2.63. The van der Waals surface area contributed by atoms with Crippen LogP contribution in [-0.4, -0.2) is 69.4 Å². The minimum atomic E-state index is -0.441. The van der Waals surface area contributed by atoms with Gasteiger partial charge in [-0.15, -0.1) is 0 Å². The van der Waals surface area contributed by atoms with E-state index in [0.717, 1.165) is 36.0 Å². The van der Waals surface area contributed by atoms with Crippen LogP contribution in [0.4, 0.5) is 4.39 Å². The van der Waals surface area contributed by atoms with Crippen molar-refractivity contribution in [2.75, 3.05) is 20.1 Å². The van der Waals surface area contributed by atoms with Crippen LogP contribution in [-0.2, 0) is 11.2 Å². The normalized spacial score (nSPS) is 23.2. The maximum absolute atomic E-state index is 14.3. The van der Waals surface area contributed by atoms with E-state index in [0.29, 0.717) is 29.1 Å². The average Bonchev–Trinajstić information content (AvgIpc) is 3.28. The number of benzene rings is 1. The Morgan fingerprint density at radius 3 is 2.61 bits per heavy atom. The Balaban J connectivity index is 1.24. The number of hydrogen-bond acceptors (Lipinski definition) is 4. The standard InChI is InChI=1S/C30H36FN5O2/c1-18(2)34(3)29(37)25-13-22(31)6-9-26(25)36-17-21(24-10-11-32-14-27(24)36)12-19-15-35(16-19)30(38)28-20-4-7-23(33-28)8-5-20/h6,9-11,13-14,17-20,23,28,33H,4-5,7-8,12,15-16H2,1-3H3. The molecule has 7 nitrogen and oxygen atoms in total. The van der Waals surface area contributed by atoms with E-state index < -0.39 is 5.82 Å². The average molecular weight is 518 g/mol. The molecule has 1 aliphatic carbocycles. The minimum Gasteiger partial charge on any atom is -0.341 e. The van der Waals surface area contributed by atoms with Gasteiger partial charge >= 0.3 is 0 Å². The van der Waals surface area contributed by atoms with Crippen LogP contribution in [0.25, 0.3) is 16.6 Å². The number of rotatable bonds is 6. The van der Waals surface area contributed by atoms with Crippen LogP contribution in [0.3, 0.4) is 0 Å². The molecule has 4 aliphatic rings. The van der Waals surface area contributed by atoms with Gasteiger partial charge in [-0.1, -0.05) is 0 Å². The van der Waals surface area contributed by atoms with Gasteiger partial charge in [0.1, 0.15) is 5.82 Å². The van der Waals surface area contributed by atoms with E-state index in [9.17, 15) is 14.0 Å². The third-order valence-corrected chi connectivity index (χ3v) is 8.94. The third-order valence-electron chi connectivity index (χ3n) is 8.94. The SMILES string of the molecule is CC(C)N(C)C(=O)c1cc(F)ccc1-n1cc(CC2CN(C(=O)C3NC4CCC3CC4)C2)c2ccncc21. The Kier molecular flexibility index (Phi) is 6.46. The number of piperidine rings is 2. The number of halogens is 1. The van der Waals surface area contributed by atoms with E-state index >= 15 is 0 Å². The topological polar surface area (TPSA) is 70.5 Å². The molecule has 1 saturated carbocycles. The van der Waals surface area contributed by atoms with Gasteiger partial charge in [-0.05, 0) is 87.6 Å². The molecule has 2 bridgehead atoms. The van der Waals surface area contributed by atoms with E-state index in [2.05, 4.69) is 16.5 Å². The zero-order valence-electron chi connectivity index (χ0n) is 22.4. The third kappa shape index (κ3) is 4.38. The number of amides is 2. The molecule has 2 amide bonds. The summed E-state index contributed by atoms with van der Waals surface area (Å²) in [6, 6.07) is 6.87. The van der Waals surface area contributed by atoms with Gasteiger partial charge < -0.3 is 19.7 Å². The van der Waals surface area contributed by atoms with Crippen LogP contribution >= 0.6 is 0 Å². The van der Waals surface area contributed by atoms with Gasteiger partial charge in [-0.2, -0.15) is 0 Å². The lowest BCUT2D eigenvalue weighted by atomic mass is 9.75. The Hall–Kier alpha value is -3.26. The van der Waals surface area contributed by atoms with Crippen LogP contribution in [0, 0.1) is 17.7 Å². The smallest absolute Gasteiger partial charge is 0.256 e. The van der Waals surface area contributed by atoms with Gasteiger partial charge in [0.25, 0.3) is 5.91 Å². The largest absolute Gasteiger partial charge is 0.341 e. The van der Waals surface area contributed by atoms with E-state index in [1.165, 1.54) is 37.8 Å². The molecule has 3 saturated heterocycles. The number of carbonyl (C=O) groups is 2. The van der Waals surface area contributed by atoms with Crippen molar-refractivity contribution in [3.63, 3.8) is 0 Å². The molecule has 5 heterocycles. The summed E-state index contributed by atoms with van der Waals surface area (Å²) >= 11 is 0. The Bertz CT molecular complexity index is 1370. The monoisotopic (exact) mass is 517 g/mol. The number of nitrogens with one attached hydrogen (secondary N) is 1. The highest BCUT2D eigenvalue weighted by Gasteiger charge is 2.43. The number of likely N-dealkylation sites (tertiary alicyclic amines) is 1. The quantitative estimate of drug-likeness (QED) is 0.533. The predicted octanol–water partition coefficient (Wildman–Crippen LogP) is 4.18. The number of fused-ring (bicyclic) bond motifs is 4. The van der Waals surface area contributed by atoms with Crippen LogP contribution in [0.2, 0.25) is 0 Å². The fraction of sp³-hybridized carbons (Fsp3) is 0.500. The molecule has 4 fully saturated rings. The number of nitrogens with zero attached hydrogens (tertiary/aromatic N) is 4. The molecule has 1 N–H and O–H groups in total. The van der Waals surface area contributed by atoms with Crippen molar-refractivity contribution < 1.29 is 14.0 Å². The summed E-state index contributed by atoms with van der Waals surface area (Å²) in [4.78, 5) is 34.4. The van der Waals surface area contributed by atoms with E-state index in [4.69, 9.17) is 0 Å². The molecular weight excluding hydrogens is 481 g/mol. The highest BCUT2D eigenvalue weighted by Crippen LogP contribution is 2.36. The van der Waals surface area contributed by atoms with E-state index in [1.54, 1.807) is 30.4 Å². The summed E-state index contributed by atoms with van der Waals surface area (Å²) in [5, 5.41) is 4.65. The van der Waals surface area contributed by atoms with Gasteiger partial charge in [0.2, 0.25) is 5.91 Å². The highest BCUT2D eigenvalue weighted by molar-refractivity contribution is 5.99. The summed E-state index contributed by atoms with van der Waals surface area (Å²) in [7, 11) is 1.74. The second kappa shape index (κ2) is 9.80. The molecule has 1 atom stereocenters. The molecular formula is C30H36FN5O2. The number of carbonyl (C=O) groups excluding carboxylic acids is 2. The first kappa shape index (κ1) is 25.0. The maximum atomic E-state index is 14.3. The zero-order valence-corrected chi connectivity index (χ0v) is 22.4. The van der Waals surface area contributed by atoms with E-state index in [1.807, 2.05) is 29.4 Å². The van der Waals surface area contributed by atoms with Gasteiger partial charge in [0.05, 0.1) is 29.0 Å². The highest BCUT2D eigenvalue weighted by atomic mass is 19.1. The Morgan fingerprint density at radius 2 is 1.92 bits per heavy atom. The maximum Gasteiger partial charge on any atom is 0.256 e. The fourth-order valence-corrected chi connectivity index (χ4v) is 6.49. The molecule has 1 aromatic carbocycles. The van der Waals surface area contributed by atoms with Crippen LogP contribution in [0.1, 0.15) is 55.5 Å². The molecule has 38 heavy (non-hydrogen) atoms. The predicted molar refractivity (Wildman–Crippen MR) is 145 cm³/mol.